The van der Waals surface area contributed by atoms with Crippen molar-refractivity contribution in [2.24, 2.45) is 0 Å². The Kier molecular flexibility index (Phi) is 4.30. The van der Waals surface area contributed by atoms with Crippen molar-refractivity contribution in [1.82, 2.24) is 0 Å². The standard InChI is InChI=1S/C14H15IN2O/c1-18-12-4-2-3-10(7-12)9-17-14-6-5-11(16)8-13(14)15/h2-8,17H,9,16H2,1H3. The molecule has 0 aliphatic carbocycles. The molecule has 3 N–H and O–H groups in total. The predicted octanol–water partition coefficient (Wildman–Crippen LogP) is 3.49. The van der Waals surface area contributed by atoms with Gasteiger partial charge in [0, 0.05) is 21.5 Å². The van der Waals surface area contributed by atoms with Gasteiger partial charge >= 0.3 is 0 Å². The van der Waals surface area contributed by atoms with Crippen molar-refractivity contribution in [2.75, 3.05) is 18.2 Å². The number of hydrogen-bond acceptors (Lipinski definition) is 3. The van der Waals surface area contributed by atoms with Crippen molar-refractivity contribution < 1.29 is 4.74 Å². The molecule has 0 bridgehead atoms. The fourth-order valence-corrected chi connectivity index (χ4v) is 2.38. The minimum absolute atomic E-state index is 0.761. The normalized spacial score (nSPS) is 10.1. The van der Waals surface area contributed by atoms with Crippen molar-refractivity contribution in [3.05, 3.63) is 51.6 Å². The Bertz CT molecular complexity index is 543. The summed E-state index contributed by atoms with van der Waals surface area (Å²) < 4.78 is 6.32. The lowest BCUT2D eigenvalue weighted by atomic mass is 10.2. The lowest BCUT2D eigenvalue weighted by Gasteiger charge is -2.10. The summed E-state index contributed by atoms with van der Waals surface area (Å²) in [5.41, 5.74) is 8.78. The molecule has 0 amide bonds. The molecule has 0 spiro atoms. The summed E-state index contributed by atoms with van der Waals surface area (Å²) in [7, 11) is 1.68. The Balaban J connectivity index is 2.06. The number of halogens is 1. The molecule has 3 nitrogen and oxygen atoms in total. The molecule has 94 valence electrons. The maximum absolute atomic E-state index is 5.72. The SMILES string of the molecule is COc1cccc(CNc2ccc(N)cc2I)c1. The van der Waals surface area contributed by atoms with E-state index >= 15 is 0 Å². The molecule has 4 heteroatoms. The molecular weight excluding hydrogens is 339 g/mol. The Morgan fingerprint density at radius 1 is 1.22 bits per heavy atom. The van der Waals surface area contributed by atoms with Gasteiger partial charge in [-0.3, -0.25) is 0 Å². The molecule has 2 aromatic carbocycles. The molecule has 0 atom stereocenters. The Labute approximate surface area is 120 Å². The number of ether oxygens (including phenoxy) is 1. The van der Waals surface area contributed by atoms with Crippen LogP contribution in [0.3, 0.4) is 0 Å². The van der Waals surface area contributed by atoms with E-state index < -0.39 is 0 Å². The zero-order valence-corrected chi connectivity index (χ0v) is 12.3. The number of anilines is 2. The molecule has 0 saturated heterocycles. The van der Waals surface area contributed by atoms with E-state index in [1.807, 2.05) is 36.4 Å². The van der Waals surface area contributed by atoms with Gasteiger partial charge in [-0.05, 0) is 58.5 Å². The molecule has 0 aromatic heterocycles. The highest BCUT2D eigenvalue weighted by Gasteiger charge is 2.00. The van der Waals surface area contributed by atoms with Gasteiger partial charge in [-0.25, -0.2) is 0 Å². The maximum Gasteiger partial charge on any atom is 0.119 e. The first-order valence-corrected chi connectivity index (χ1v) is 6.69. The Hall–Kier alpha value is -1.43. The first kappa shape index (κ1) is 13.0. The van der Waals surface area contributed by atoms with E-state index in [1.165, 1.54) is 5.56 Å². The maximum atomic E-state index is 5.72. The van der Waals surface area contributed by atoms with Crippen molar-refractivity contribution in [3.8, 4) is 5.75 Å². The van der Waals surface area contributed by atoms with Crippen LogP contribution in [0.15, 0.2) is 42.5 Å². The van der Waals surface area contributed by atoms with Gasteiger partial charge in [-0.1, -0.05) is 12.1 Å². The van der Waals surface area contributed by atoms with E-state index in [0.717, 1.165) is 27.2 Å². The zero-order valence-electron chi connectivity index (χ0n) is 10.1. The van der Waals surface area contributed by atoms with E-state index in [4.69, 9.17) is 10.5 Å². The van der Waals surface area contributed by atoms with Gasteiger partial charge in [0.1, 0.15) is 5.75 Å². The molecular formula is C14H15IN2O. The van der Waals surface area contributed by atoms with Gasteiger partial charge in [0.15, 0.2) is 0 Å². The van der Waals surface area contributed by atoms with Gasteiger partial charge in [-0.2, -0.15) is 0 Å². The van der Waals surface area contributed by atoms with E-state index in [9.17, 15) is 0 Å². The molecule has 0 aliphatic heterocycles. The fourth-order valence-electron chi connectivity index (χ4n) is 1.65. The molecule has 0 radical (unpaired) electrons. The van der Waals surface area contributed by atoms with Crippen LogP contribution in [0.1, 0.15) is 5.56 Å². The second kappa shape index (κ2) is 5.95. The van der Waals surface area contributed by atoms with Crippen LogP contribution >= 0.6 is 22.6 Å². The Morgan fingerprint density at radius 3 is 2.78 bits per heavy atom. The quantitative estimate of drug-likeness (QED) is 0.653. The topological polar surface area (TPSA) is 47.3 Å². The zero-order chi connectivity index (χ0) is 13.0. The van der Waals surface area contributed by atoms with Crippen LogP contribution in [0, 0.1) is 3.57 Å². The molecule has 0 unspecified atom stereocenters. The second-order valence-corrected chi connectivity index (χ2v) is 5.11. The third kappa shape index (κ3) is 3.29. The van der Waals surface area contributed by atoms with Gasteiger partial charge in [0.2, 0.25) is 0 Å². The molecule has 2 aromatic rings. The highest BCUT2D eigenvalue weighted by molar-refractivity contribution is 14.1. The number of rotatable bonds is 4. The van der Waals surface area contributed by atoms with Crippen LogP contribution < -0.4 is 15.8 Å². The predicted molar refractivity (Wildman–Crippen MR) is 83.9 cm³/mol. The van der Waals surface area contributed by atoms with Crippen LogP contribution in [-0.4, -0.2) is 7.11 Å². The van der Waals surface area contributed by atoms with E-state index in [2.05, 4.69) is 34.0 Å². The highest BCUT2D eigenvalue weighted by Crippen LogP contribution is 2.22. The van der Waals surface area contributed by atoms with Crippen molar-refractivity contribution in [1.29, 1.82) is 0 Å². The van der Waals surface area contributed by atoms with Crippen molar-refractivity contribution in [3.63, 3.8) is 0 Å². The van der Waals surface area contributed by atoms with E-state index in [-0.39, 0.29) is 0 Å². The average Bonchev–Trinajstić information content (AvgIpc) is 2.38. The summed E-state index contributed by atoms with van der Waals surface area (Å²) in [6, 6.07) is 13.9. The summed E-state index contributed by atoms with van der Waals surface area (Å²) in [5, 5.41) is 3.39. The second-order valence-electron chi connectivity index (χ2n) is 3.94. The third-order valence-corrected chi connectivity index (χ3v) is 3.50. The summed E-state index contributed by atoms with van der Waals surface area (Å²) in [4.78, 5) is 0. The number of nitrogens with two attached hydrogens (primary N) is 1. The Morgan fingerprint density at radius 2 is 2.06 bits per heavy atom. The van der Waals surface area contributed by atoms with Crippen molar-refractivity contribution >= 4 is 34.0 Å². The molecule has 2 rings (SSSR count). The van der Waals surface area contributed by atoms with Gasteiger partial charge < -0.3 is 15.8 Å². The highest BCUT2D eigenvalue weighted by atomic mass is 127. The first-order valence-electron chi connectivity index (χ1n) is 5.61. The smallest absolute Gasteiger partial charge is 0.119 e. The van der Waals surface area contributed by atoms with Gasteiger partial charge in [-0.15, -0.1) is 0 Å². The van der Waals surface area contributed by atoms with Crippen LogP contribution in [-0.2, 0) is 6.54 Å². The number of benzene rings is 2. The molecule has 18 heavy (non-hydrogen) atoms. The lowest BCUT2D eigenvalue weighted by Crippen LogP contribution is -2.01. The monoisotopic (exact) mass is 354 g/mol. The van der Waals surface area contributed by atoms with Crippen molar-refractivity contribution in [2.45, 2.75) is 6.54 Å². The summed E-state index contributed by atoms with van der Waals surface area (Å²) in [6.07, 6.45) is 0. The van der Waals surface area contributed by atoms with Crippen LogP contribution in [0.5, 0.6) is 5.75 Å². The lowest BCUT2D eigenvalue weighted by molar-refractivity contribution is 0.414. The van der Waals surface area contributed by atoms with Gasteiger partial charge in [0.05, 0.1) is 7.11 Å². The minimum Gasteiger partial charge on any atom is -0.497 e. The number of nitrogens with one attached hydrogen (secondary N) is 1. The van der Waals surface area contributed by atoms with Crippen LogP contribution in [0.4, 0.5) is 11.4 Å². The molecule has 0 heterocycles. The first-order chi connectivity index (χ1) is 8.69. The third-order valence-electron chi connectivity index (χ3n) is 2.61. The minimum atomic E-state index is 0.761. The molecule has 0 saturated carbocycles. The average molecular weight is 354 g/mol. The molecule has 0 aliphatic rings. The van der Waals surface area contributed by atoms with Crippen LogP contribution in [0.25, 0.3) is 0 Å². The number of methoxy groups -OCH3 is 1. The number of hydrogen-bond donors (Lipinski definition) is 2. The van der Waals surface area contributed by atoms with E-state index in [0.29, 0.717) is 0 Å². The van der Waals surface area contributed by atoms with Gasteiger partial charge in [0.25, 0.3) is 0 Å². The number of nitrogen functional groups attached to an aromatic ring is 1. The summed E-state index contributed by atoms with van der Waals surface area (Å²) in [5.74, 6) is 0.876. The fraction of sp³-hybridized carbons (Fsp3) is 0.143. The molecule has 0 fully saturated rings. The largest absolute Gasteiger partial charge is 0.497 e. The van der Waals surface area contributed by atoms with Crippen LogP contribution in [0.2, 0.25) is 0 Å². The summed E-state index contributed by atoms with van der Waals surface area (Å²) in [6.45, 7) is 0.761. The van der Waals surface area contributed by atoms with E-state index in [1.54, 1.807) is 7.11 Å². The summed E-state index contributed by atoms with van der Waals surface area (Å²) >= 11 is 2.28.